The Morgan fingerprint density at radius 2 is 2.32 bits per heavy atom. The highest BCUT2D eigenvalue weighted by Gasteiger charge is 2.23. The first kappa shape index (κ1) is 14.4. The molecule has 4 N–H and O–H groups in total. The van der Waals surface area contributed by atoms with Gasteiger partial charge in [0.25, 0.3) is 5.91 Å². The van der Waals surface area contributed by atoms with Crippen LogP contribution in [0.15, 0.2) is 5.38 Å². The highest BCUT2D eigenvalue weighted by atomic mass is 32.1. The van der Waals surface area contributed by atoms with E-state index in [1.54, 1.807) is 0 Å². The molecular formula is C12H20N4O2S. The number of hydrogen-bond donors (Lipinski definition) is 3. The van der Waals surface area contributed by atoms with Gasteiger partial charge in [0, 0.05) is 24.5 Å². The number of carbonyl (C=O) groups excluding carboxylic acids is 1. The van der Waals surface area contributed by atoms with Crippen molar-refractivity contribution in [1.82, 2.24) is 15.3 Å². The van der Waals surface area contributed by atoms with E-state index in [0.717, 1.165) is 5.69 Å². The molecule has 1 heterocycles. The zero-order valence-electron chi connectivity index (χ0n) is 10.8. The minimum absolute atomic E-state index is 0.150. The summed E-state index contributed by atoms with van der Waals surface area (Å²) >= 11 is 1.29. The number of aliphatic hydroxyl groups is 1. The molecule has 0 bridgehead atoms. The summed E-state index contributed by atoms with van der Waals surface area (Å²) in [6.45, 7) is 1.48. The van der Waals surface area contributed by atoms with Gasteiger partial charge < -0.3 is 5.11 Å². The van der Waals surface area contributed by atoms with Gasteiger partial charge in [-0.25, -0.2) is 10.8 Å². The third kappa shape index (κ3) is 3.73. The van der Waals surface area contributed by atoms with Crippen molar-refractivity contribution < 1.29 is 9.90 Å². The lowest BCUT2D eigenvalue weighted by molar-refractivity contribution is 0.0952. The van der Waals surface area contributed by atoms with Gasteiger partial charge in [-0.05, 0) is 12.8 Å². The number of nitrogen functional groups attached to an aromatic ring is 1. The molecule has 1 aliphatic carbocycles. The number of nitrogens with zero attached hydrogens (tertiary/aromatic N) is 2. The van der Waals surface area contributed by atoms with Crippen LogP contribution in [-0.2, 0) is 6.54 Å². The Morgan fingerprint density at radius 1 is 1.58 bits per heavy atom. The Balaban J connectivity index is 1.99. The number of aliphatic hydroxyl groups excluding tert-OH is 1. The monoisotopic (exact) mass is 284 g/mol. The quantitative estimate of drug-likeness (QED) is 0.401. The van der Waals surface area contributed by atoms with Gasteiger partial charge in [0.2, 0.25) is 0 Å². The minimum atomic E-state index is -0.356. The predicted molar refractivity (Wildman–Crippen MR) is 73.5 cm³/mol. The molecule has 7 heteroatoms. The van der Waals surface area contributed by atoms with Gasteiger partial charge in [0.05, 0.1) is 12.3 Å². The van der Waals surface area contributed by atoms with Crippen molar-refractivity contribution in [2.75, 3.05) is 13.2 Å². The lowest BCUT2D eigenvalue weighted by atomic mass is 10.2. The molecule has 1 amide bonds. The summed E-state index contributed by atoms with van der Waals surface area (Å²) in [5, 5.41) is 11.4. The molecule has 1 aliphatic rings. The maximum atomic E-state index is 11.4. The fourth-order valence-corrected chi connectivity index (χ4v) is 3.25. The number of hydrogen-bond acceptors (Lipinski definition) is 6. The van der Waals surface area contributed by atoms with Gasteiger partial charge in [-0.1, -0.05) is 12.8 Å². The predicted octanol–water partition coefficient (Wildman–Crippen LogP) is 0.483. The molecular weight excluding hydrogens is 264 g/mol. The van der Waals surface area contributed by atoms with Crippen LogP contribution in [0.2, 0.25) is 0 Å². The molecule has 0 radical (unpaired) electrons. The van der Waals surface area contributed by atoms with E-state index in [9.17, 15) is 4.79 Å². The molecule has 1 aromatic rings. The molecule has 0 saturated heterocycles. The zero-order chi connectivity index (χ0) is 13.7. The van der Waals surface area contributed by atoms with Gasteiger partial charge in [-0.3, -0.25) is 15.1 Å². The second-order valence-electron chi connectivity index (χ2n) is 4.75. The lowest BCUT2D eigenvalue weighted by Gasteiger charge is -2.27. The average Bonchev–Trinajstić information content (AvgIpc) is 3.08. The molecule has 0 spiro atoms. The summed E-state index contributed by atoms with van der Waals surface area (Å²) in [5.74, 6) is 4.73. The van der Waals surface area contributed by atoms with Gasteiger partial charge in [-0.15, -0.1) is 11.3 Å². The first-order chi connectivity index (χ1) is 9.24. The van der Waals surface area contributed by atoms with E-state index in [4.69, 9.17) is 10.9 Å². The molecule has 0 aromatic carbocycles. The summed E-state index contributed by atoms with van der Waals surface area (Å²) in [7, 11) is 0. The van der Waals surface area contributed by atoms with E-state index in [-0.39, 0.29) is 12.5 Å². The van der Waals surface area contributed by atoms with Gasteiger partial charge in [0.1, 0.15) is 0 Å². The standard InChI is InChI=1S/C12H20N4O2S/c13-15-11(18)12-14-9(8-19-12)7-16(5-6-17)10-3-1-2-4-10/h8,10,17H,1-7,13H2,(H,15,18). The minimum Gasteiger partial charge on any atom is -0.395 e. The number of carbonyl (C=O) groups is 1. The summed E-state index contributed by atoms with van der Waals surface area (Å²) in [5.41, 5.74) is 2.95. The Kier molecular flexibility index (Phi) is 5.26. The number of aromatic nitrogens is 1. The number of hydrazine groups is 1. The van der Waals surface area contributed by atoms with Crippen molar-refractivity contribution in [3.8, 4) is 0 Å². The second kappa shape index (κ2) is 6.95. The van der Waals surface area contributed by atoms with Crippen molar-refractivity contribution in [2.45, 2.75) is 38.3 Å². The molecule has 19 heavy (non-hydrogen) atoms. The third-order valence-corrected chi connectivity index (χ3v) is 4.36. The average molecular weight is 284 g/mol. The molecule has 1 fully saturated rings. The molecule has 106 valence electrons. The Morgan fingerprint density at radius 3 is 2.95 bits per heavy atom. The Bertz CT molecular complexity index is 418. The SMILES string of the molecule is NNC(=O)c1nc(CN(CCO)C2CCCC2)cs1. The molecule has 1 saturated carbocycles. The number of thiazole rings is 1. The highest BCUT2D eigenvalue weighted by Crippen LogP contribution is 2.25. The van der Waals surface area contributed by atoms with Crippen LogP contribution >= 0.6 is 11.3 Å². The van der Waals surface area contributed by atoms with Gasteiger partial charge in [-0.2, -0.15) is 0 Å². The van der Waals surface area contributed by atoms with Gasteiger partial charge in [0.15, 0.2) is 5.01 Å². The van der Waals surface area contributed by atoms with E-state index in [0.29, 0.717) is 24.1 Å². The van der Waals surface area contributed by atoms with Crippen LogP contribution in [0.25, 0.3) is 0 Å². The fraction of sp³-hybridized carbons (Fsp3) is 0.667. The van der Waals surface area contributed by atoms with Crippen LogP contribution in [0.3, 0.4) is 0 Å². The van der Waals surface area contributed by atoms with E-state index >= 15 is 0 Å². The number of nitrogens with two attached hydrogens (primary N) is 1. The maximum absolute atomic E-state index is 11.4. The molecule has 6 nitrogen and oxygen atoms in total. The summed E-state index contributed by atoms with van der Waals surface area (Å²) in [4.78, 5) is 17.9. The Hall–Kier alpha value is -1.02. The second-order valence-corrected chi connectivity index (χ2v) is 5.61. The topological polar surface area (TPSA) is 91.5 Å². The van der Waals surface area contributed by atoms with Crippen LogP contribution in [0.4, 0.5) is 0 Å². The van der Waals surface area contributed by atoms with Crippen LogP contribution in [0.5, 0.6) is 0 Å². The molecule has 1 aromatic heterocycles. The van der Waals surface area contributed by atoms with Crippen LogP contribution < -0.4 is 11.3 Å². The van der Waals surface area contributed by atoms with Crippen LogP contribution in [0.1, 0.15) is 41.2 Å². The first-order valence-electron chi connectivity index (χ1n) is 6.55. The number of nitrogens with one attached hydrogen (secondary N) is 1. The highest BCUT2D eigenvalue weighted by molar-refractivity contribution is 7.11. The van der Waals surface area contributed by atoms with Crippen molar-refractivity contribution in [1.29, 1.82) is 0 Å². The van der Waals surface area contributed by atoms with E-state index in [1.807, 2.05) is 5.38 Å². The summed E-state index contributed by atoms with van der Waals surface area (Å²) < 4.78 is 0. The maximum Gasteiger partial charge on any atom is 0.294 e. The van der Waals surface area contributed by atoms with Crippen LogP contribution in [0, 0.1) is 0 Å². The van der Waals surface area contributed by atoms with E-state index in [2.05, 4.69) is 15.3 Å². The molecule has 0 unspecified atom stereocenters. The smallest absolute Gasteiger partial charge is 0.294 e. The number of rotatable bonds is 6. The lowest BCUT2D eigenvalue weighted by Crippen LogP contribution is -2.35. The van der Waals surface area contributed by atoms with Crippen LogP contribution in [-0.4, -0.2) is 40.1 Å². The van der Waals surface area contributed by atoms with E-state index in [1.165, 1.54) is 37.0 Å². The fourth-order valence-electron chi connectivity index (χ4n) is 2.54. The molecule has 0 aliphatic heterocycles. The summed E-state index contributed by atoms with van der Waals surface area (Å²) in [6.07, 6.45) is 4.87. The Labute approximate surface area is 116 Å². The van der Waals surface area contributed by atoms with Crippen molar-refractivity contribution in [3.63, 3.8) is 0 Å². The first-order valence-corrected chi connectivity index (χ1v) is 7.43. The van der Waals surface area contributed by atoms with E-state index < -0.39 is 0 Å². The third-order valence-electron chi connectivity index (χ3n) is 3.47. The van der Waals surface area contributed by atoms with Crippen molar-refractivity contribution in [3.05, 3.63) is 16.1 Å². The van der Waals surface area contributed by atoms with Crippen molar-refractivity contribution >= 4 is 17.2 Å². The molecule has 0 atom stereocenters. The zero-order valence-corrected chi connectivity index (χ0v) is 11.7. The molecule has 2 rings (SSSR count). The normalized spacial score (nSPS) is 16.2. The van der Waals surface area contributed by atoms with Crippen molar-refractivity contribution in [2.24, 2.45) is 5.84 Å². The summed E-state index contributed by atoms with van der Waals surface area (Å²) in [6, 6.07) is 0.528. The van der Waals surface area contributed by atoms with Gasteiger partial charge >= 0.3 is 0 Å². The largest absolute Gasteiger partial charge is 0.395 e. The number of amides is 1.